The molecule has 7 nitrogen and oxygen atoms in total. The Balaban J connectivity index is 1.46. The second-order valence-electron chi connectivity index (χ2n) is 9.42. The van der Waals surface area contributed by atoms with Gasteiger partial charge >= 0.3 is 12.1 Å². The van der Waals surface area contributed by atoms with Gasteiger partial charge in [0.15, 0.2) is 6.61 Å². The molecule has 2 heterocycles. The third kappa shape index (κ3) is 4.56. The topological polar surface area (TPSA) is 85.7 Å². The summed E-state index contributed by atoms with van der Waals surface area (Å²) in [7, 11) is 0. The second kappa shape index (κ2) is 9.55. The van der Waals surface area contributed by atoms with E-state index in [9.17, 15) is 32.3 Å². The van der Waals surface area contributed by atoms with Gasteiger partial charge in [-0.25, -0.2) is 4.79 Å². The van der Waals surface area contributed by atoms with Crippen molar-refractivity contribution in [3.8, 4) is 5.69 Å². The van der Waals surface area contributed by atoms with Crippen molar-refractivity contribution in [1.29, 1.82) is 0 Å². The Morgan fingerprint density at radius 3 is 2.25 bits per heavy atom. The predicted molar refractivity (Wildman–Crippen MR) is 122 cm³/mol. The van der Waals surface area contributed by atoms with E-state index < -0.39 is 48.0 Å². The van der Waals surface area contributed by atoms with Crippen molar-refractivity contribution in [2.45, 2.75) is 58.7 Å². The minimum atomic E-state index is -4.51. The summed E-state index contributed by atoms with van der Waals surface area (Å²) in [4.78, 5) is 51.9. The van der Waals surface area contributed by atoms with Crippen molar-refractivity contribution in [2.24, 2.45) is 11.8 Å². The highest BCUT2D eigenvalue weighted by atomic mass is 19.4. The molecule has 1 aliphatic heterocycles. The number of carbonyl (C=O) groups is 4. The monoisotopic (exact) mass is 504 g/mol. The number of imide groups is 1. The summed E-state index contributed by atoms with van der Waals surface area (Å²) in [6.45, 7) is 4.02. The van der Waals surface area contributed by atoms with Gasteiger partial charge in [-0.1, -0.05) is 18.9 Å². The van der Waals surface area contributed by atoms with Crippen LogP contribution in [0.15, 0.2) is 30.3 Å². The highest BCUT2D eigenvalue weighted by Gasteiger charge is 2.51. The molecule has 2 fully saturated rings. The van der Waals surface area contributed by atoms with E-state index in [1.807, 2.05) is 0 Å². The fourth-order valence-corrected chi connectivity index (χ4v) is 5.27. The number of alkyl halides is 3. The number of amides is 2. The first-order valence-corrected chi connectivity index (χ1v) is 11.8. The summed E-state index contributed by atoms with van der Waals surface area (Å²) in [6, 6.07) is 5.13. The lowest BCUT2D eigenvalue weighted by molar-refractivity contribution is -0.157. The van der Waals surface area contributed by atoms with Crippen molar-refractivity contribution in [3.05, 3.63) is 52.8 Å². The van der Waals surface area contributed by atoms with Crippen molar-refractivity contribution >= 4 is 23.6 Å². The second-order valence-corrected chi connectivity index (χ2v) is 9.42. The number of halogens is 3. The van der Waals surface area contributed by atoms with Crippen LogP contribution in [0.5, 0.6) is 0 Å². The van der Waals surface area contributed by atoms with E-state index in [0.29, 0.717) is 24.2 Å². The molecule has 192 valence electrons. The number of aromatic nitrogens is 1. The number of nitrogens with zero attached hydrogens (tertiary/aromatic N) is 2. The smallest absolute Gasteiger partial charge is 0.416 e. The number of fused-ring (bicyclic) bond motifs is 1. The lowest BCUT2D eigenvalue weighted by Crippen LogP contribution is -2.44. The number of esters is 1. The summed E-state index contributed by atoms with van der Waals surface area (Å²) in [5.41, 5.74) is 0.566. The van der Waals surface area contributed by atoms with Crippen LogP contribution in [0.1, 0.15) is 59.9 Å². The molecule has 0 N–H and O–H groups in total. The molecule has 4 rings (SSSR count). The first-order chi connectivity index (χ1) is 16.9. The number of benzene rings is 1. The quantitative estimate of drug-likeness (QED) is 0.331. The highest BCUT2D eigenvalue weighted by Crippen LogP contribution is 2.39. The van der Waals surface area contributed by atoms with Crippen LogP contribution in [0.25, 0.3) is 5.69 Å². The van der Waals surface area contributed by atoms with Gasteiger partial charge in [-0.3, -0.25) is 19.3 Å². The zero-order valence-corrected chi connectivity index (χ0v) is 20.2. The first kappa shape index (κ1) is 25.7. The van der Waals surface area contributed by atoms with E-state index in [0.717, 1.165) is 29.9 Å². The number of aryl methyl sites for hydroxylation is 1. The largest absolute Gasteiger partial charge is 0.456 e. The third-order valence-electron chi connectivity index (χ3n) is 7.11. The molecule has 0 unspecified atom stereocenters. The van der Waals surface area contributed by atoms with E-state index >= 15 is 0 Å². The van der Waals surface area contributed by atoms with E-state index in [2.05, 4.69) is 0 Å². The standard InChI is InChI=1S/C26H27F3N2O5/c1-14-11-21(15(2)30(14)18-8-6-7-17(12-18)26(27,28)29)22(32)13-36-25(35)16(3)31-23(33)19-9-4-5-10-20(19)24(31)34/h6-8,11-12,16,19-20H,4-5,9-10,13H2,1-3H3/t16-,19+,20+/m0/s1. The van der Waals surface area contributed by atoms with Crippen LogP contribution >= 0.6 is 0 Å². The summed E-state index contributed by atoms with van der Waals surface area (Å²) in [6.07, 6.45) is -1.55. The van der Waals surface area contributed by atoms with Gasteiger partial charge < -0.3 is 9.30 Å². The van der Waals surface area contributed by atoms with Gasteiger partial charge in [-0.15, -0.1) is 0 Å². The van der Waals surface area contributed by atoms with Crippen LogP contribution < -0.4 is 0 Å². The Hall–Kier alpha value is -3.43. The van der Waals surface area contributed by atoms with Crippen molar-refractivity contribution in [3.63, 3.8) is 0 Å². The molecule has 0 radical (unpaired) electrons. The molecule has 0 spiro atoms. The molecule has 3 atom stereocenters. The van der Waals surface area contributed by atoms with Gasteiger partial charge in [0.2, 0.25) is 17.6 Å². The lowest BCUT2D eigenvalue weighted by Gasteiger charge is -2.21. The van der Waals surface area contributed by atoms with Crippen LogP contribution in [0.2, 0.25) is 0 Å². The van der Waals surface area contributed by atoms with Gasteiger partial charge in [0.05, 0.1) is 17.4 Å². The fourth-order valence-electron chi connectivity index (χ4n) is 5.27. The fraction of sp³-hybridized carbons (Fsp3) is 0.462. The van der Waals surface area contributed by atoms with Gasteiger partial charge in [-0.05, 0) is 57.9 Å². The maximum absolute atomic E-state index is 13.1. The Morgan fingerprint density at radius 2 is 1.67 bits per heavy atom. The molecule has 10 heteroatoms. The van der Waals surface area contributed by atoms with Crippen molar-refractivity contribution < 1.29 is 37.1 Å². The molecule has 1 aliphatic carbocycles. The average Bonchev–Trinajstić information content (AvgIpc) is 3.28. The molecule has 1 saturated heterocycles. The van der Waals surface area contributed by atoms with Crippen LogP contribution in [-0.4, -0.2) is 45.7 Å². The minimum absolute atomic E-state index is 0.199. The number of rotatable bonds is 6. The third-order valence-corrected chi connectivity index (χ3v) is 7.11. The molecule has 2 amide bonds. The molecular weight excluding hydrogens is 477 g/mol. The Morgan fingerprint density at radius 1 is 1.06 bits per heavy atom. The number of hydrogen-bond donors (Lipinski definition) is 0. The Bertz CT molecular complexity index is 1210. The number of ether oxygens (including phenoxy) is 1. The molecular formula is C26H27F3N2O5. The van der Waals surface area contributed by atoms with Crippen LogP contribution in [0.4, 0.5) is 13.2 Å². The van der Waals surface area contributed by atoms with E-state index in [1.165, 1.54) is 29.7 Å². The highest BCUT2D eigenvalue weighted by molar-refractivity contribution is 6.08. The maximum Gasteiger partial charge on any atom is 0.416 e. The molecule has 1 saturated carbocycles. The van der Waals surface area contributed by atoms with E-state index in [1.54, 1.807) is 13.8 Å². The summed E-state index contributed by atoms with van der Waals surface area (Å²) in [5.74, 6) is -2.95. The van der Waals surface area contributed by atoms with Crippen LogP contribution in [0.3, 0.4) is 0 Å². The normalized spacial score (nSPS) is 20.9. The molecule has 2 aliphatic rings. The molecule has 1 aromatic heterocycles. The SMILES string of the molecule is Cc1cc(C(=O)COC(=O)[C@H](C)N2C(=O)[C@@H]3CCCC[C@H]3C2=O)c(C)n1-c1cccc(C(F)(F)F)c1. The lowest BCUT2D eigenvalue weighted by atomic mass is 9.81. The average molecular weight is 505 g/mol. The Labute approximate surface area is 206 Å². The zero-order chi connectivity index (χ0) is 26.4. The van der Waals surface area contributed by atoms with Gasteiger partial charge in [-0.2, -0.15) is 13.2 Å². The van der Waals surface area contributed by atoms with Crippen LogP contribution in [0, 0.1) is 25.7 Å². The van der Waals surface area contributed by atoms with Crippen molar-refractivity contribution in [2.75, 3.05) is 6.61 Å². The van der Waals surface area contributed by atoms with E-state index in [-0.39, 0.29) is 23.1 Å². The molecule has 1 aromatic carbocycles. The van der Waals surface area contributed by atoms with Gasteiger partial charge in [0, 0.05) is 22.6 Å². The summed E-state index contributed by atoms with van der Waals surface area (Å²) >= 11 is 0. The predicted octanol–water partition coefficient (Wildman–Crippen LogP) is 4.40. The number of likely N-dealkylation sites (tertiary alicyclic amines) is 1. The number of Topliss-reactive ketones (excluding diaryl/α,β-unsaturated/α-hetero) is 1. The Kier molecular flexibility index (Phi) is 6.81. The molecule has 36 heavy (non-hydrogen) atoms. The zero-order valence-electron chi connectivity index (χ0n) is 20.2. The van der Waals surface area contributed by atoms with Crippen molar-refractivity contribution in [1.82, 2.24) is 9.47 Å². The van der Waals surface area contributed by atoms with Gasteiger partial charge in [0.25, 0.3) is 0 Å². The van der Waals surface area contributed by atoms with E-state index in [4.69, 9.17) is 4.74 Å². The summed E-state index contributed by atoms with van der Waals surface area (Å²) in [5, 5.41) is 0. The van der Waals surface area contributed by atoms with Crippen LogP contribution in [-0.2, 0) is 25.3 Å². The number of ketones is 1. The molecule has 0 bridgehead atoms. The summed E-state index contributed by atoms with van der Waals surface area (Å²) < 4.78 is 46.1. The number of carbonyl (C=O) groups excluding carboxylic acids is 4. The maximum atomic E-state index is 13.1. The van der Waals surface area contributed by atoms with Gasteiger partial charge in [0.1, 0.15) is 6.04 Å². The number of hydrogen-bond acceptors (Lipinski definition) is 5. The minimum Gasteiger partial charge on any atom is -0.456 e. The first-order valence-electron chi connectivity index (χ1n) is 11.8. The molecule has 2 aromatic rings.